The lowest BCUT2D eigenvalue weighted by atomic mass is 9.79. The summed E-state index contributed by atoms with van der Waals surface area (Å²) in [6.45, 7) is 4.03. The van der Waals surface area contributed by atoms with E-state index in [1.807, 2.05) is 6.07 Å². The topological polar surface area (TPSA) is 82.2 Å². The van der Waals surface area contributed by atoms with Crippen LogP contribution < -0.4 is 5.32 Å². The lowest BCUT2D eigenvalue weighted by Crippen LogP contribution is -2.36. The third-order valence-corrected chi connectivity index (χ3v) is 3.46. The van der Waals surface area contributed by atoms with Crippen molar-refractivity contribution < 1.29 is 14.7 Å². The molecule has 0 aliphatic carbocycles. The highest BCUT2D eigenvalue weighted by atomic mass is 16.4. The van der Waals surface area contributed by atoms with Crippen LogP contribution >= 0.6 is 0 Å². The van der Waals surface area contributed by atoms with Crippen molar-refractivity contribution in [2.24, 2.45) is 5.41 Å². The Morgan fingerprint density at radius 1 is 1.39 bits per heavy atom. The predicted molar refractivity (Wildman–Crippen MR) is 67.9 cm³/mol. The van der Waals surface area contributed by atoms with Gasteiger partial charge in [-0.15, -0.1) is 0 Å². The Labute approximate surface area is 107 Å². The van der Waals surface area contributed by atoms with E-state index in [4.69, 9.17) is 0 Å². The normalized spacial score (nSPS) is 11.2. The largest absolute Gasteiger partial charge is 0.481 e. The van der Waals surface area contributed by atoms with Crippen LogP contribution in [0.15, 0.2) is 18.5 Å². The molecule has 3 N–H and O–H groups in total. The van der Waals surface area contributed by atoms with E-state index in [2.05, 4.69) is 10.3 Å². The second-order valence-electron chi connectivity index (χ2n) is 4.47. The Hall–Kier alpha value is -1.78. The zero-order valence-electron chi connectivity index (χ0n) is 10.8. The van der Waals surface area contributed by atoms with Crippen molar-refractivity contribution in [1.82, 2.24) is 10.3 Å². The quantitative estimate of drug-likeness (QED) is 0.693. The Bertz CT molecular complexity index is 394. The molecular weight excluding hydrogens is 232 g/mol. The Morgan fingerprint density at radius 2 is 2.06 bits per heavy atom. The number of carboxylic acid groups (broad SMARTS) is 1. The van der Waals surface area contributed by atoms with Crippen LogP contribution in [0, 0.1) is 5.41 Å². The van der Waals surface area contributed by atoms with Crippen molar-refractivity contribution >= 4 is 11.9 Å². The van der Waals surface area contributed by atoms with Crippen molar-refractivity contribution in [2.75, 3.05) is 0 Å². The van der Waals surface area contributed by atoms with Gasteiger partial charge in [-0.1, -0.05) is 13.8 Å². The number of carbonyl (C=O) groups excluding carboxylic acids is 1. The molecule has 1 aromatic rings. The molecular formula is C13H20N2O3. The van der Waals surface area contributed by atoms with E-state index in [0.29, 0.717) is 19.4 Å². The van der Waals surface area contributed by atoms with E-state index in [9.17, 15) is 14.7 Å². The number of carbonyl (C=O) groups is 2. The summed E-state index contributed by atoms with van der Waals surface area (Å²) < 4.78 is 0. The van der Waals surface area contributed by atoms with Gasteiger partial charge in [0.25, 0.3) is 0 Å². The van der Waals surface area contributed by atoms with E-state index in [1.54, 1.807) is 26.2 Å². The van der Waals surface area contributed by atoms with Gasteiger partial charge in [-0.2, -0.15) is 0 Å². The number of H-pyrrole nitrogens is 1. The van der Waals surface area contributed by atoms with Gasteiger partial charge in [0.1, 0.15) is 0 Å². The second-order valence-corrected chi connectivity index (χ2v) is 4.47. The minimum Gasteiger partial charge on any atom is -0.481 e. The molecule has 0 fully saturated rings. The number of carboxylic acids is 1. The summed E-state index contributed by atoms with van der Waals surface area (Å²) in [5, 5.41) is 12.0. The number of aromatic amines is 1. The minimum absolute atomic E-state index is 0.0275. The average Bonchev–Trinajstić information content (AvgIpc) is 2.86. The van der Waals surface area contributed by atoms with Crippen molar-refractivity contribution in [3.05, 3.63) is 24.0 Å². The standard InChI is InChI=1S/C13H20N2O3/c1-3-13(4-2,12(17)18)7-11(16)15-9-10-5-6-14-8-10/h5-6,8,14H,3-4,7,9H2,1-2H3,(H,15,16)(H,17,18). The molecule has 5 heteroatoms. The van der Waals surface area contributed by atoms with Crippen LogP contribution in [0.2, 0.25) is 0 Å². The van der Waals surface area contributed by atoms with Crippen molar-refractivity contribution in [3.8, 4) is 0 Å². The maximum absolute atomic E-state index is 11.8. The van der Waals surface area contributed by atoms with E-state index >= 15 is 0 Å². The van der Waals surface area contributed by atoms with Gasteiger partial charge in [0.15, 0.2) is 0 Å². The molecule has 0 radical (unpaired) electrons. The Morgan fingerprint density at radius 3 is 2.50 bits per heavy atom. The molecule has 0 aromatic carbocycles. The first-order valence-electron chi connectivity index (χ1n) is 6.16. The zero-order valence-corrected chi connectivity index (χ0v) is 10.8. The molecule has 1 rings (SSSR count). The molecule has 18 heavy (non-hydrogen) atoms. The molecule has 0 aliphatic rings. The smallest absolute Gasteiger partial charge is 0.310 e. The van der Waals surface area contributed by atoms with Gasteiger partial charge >= 0.3 is 5.97 Å². The molecule has 0 spiro atoms. The first-order chi connectivity index (χ1) is 8.54. The highest BCUT2D eigenvalue weighted by Gasteiger charge is 2.36. The fraction of sp³-hybridized carbons (Fsp3) is 0.538. The molecule has 1 heterocycles. The molecule has 0 unspecified atom stereocenters. The third-order valence-electron chi connectivity index (χ3n) is 3.46. The molecule has 0 bridgehead atoms. The highest BCUT2D eigenvalue weighted by Crippen LogP contribution is 2.30. The van der Waals surface area contributed by atoms with Crippen molar-refractivity contribution in [1.29, 1.82) is 0 Å². The van der Waals surface area contributed by atoms with Crippen LogP contribution in [-0.4, -0.2) is 22.0 Å². The average molecular weight is 252 g/mol. The highest BCUT2D eigenvalue weighted by molar-refractivity contribution is 5.84. The number of hydrogen-bond acceptors (Lipinski definition) is 2. The van der Waals surface area contributed by atoms with Gasteiger partial charge in [0, 0.05) is 25.4 Å². The molecule has 0 saturated carbocycles. The first kappa shape index (κ1) is 14.3. The monoisotopic (exact) mass is 252 g/mol. The maximum atomic E-state index is 11.8. The fourth-order valence-electron chi connectivity index (χ4n) is 1.92. The molecule has 1 amide bonds. The Balaban J connectivity index is 2.54. The van der Waals surface area contributed by atoms with Crippen LogP contribution in [-0.2, 0) is 16.1 Å². The van der Waals surface area contributed by atoms with Crippen LogP contribution in [0.3, 0.4) is 0 Å². The minimum atomic E-state index is -0.942. The van der Waals surface area contributed by atoms with Gasteiger partial charge in [0.2, 0.25) is 5.91 Å². The number of hydrogen-bond donors (Lipinski definition) is 3. The molecule has 1 aromatic heterocycles. The SMILES string of the molecule is CCC(CC)(CC(=O)NCc1cc[nH]c1)C(=O)O. The summed E-state index contributed by atoms with van der Waals surface area (Å²) in [5.41, 5.74) is 0.0275. The molecule has 5 nitrogen and oxygen atoms in total. The number of aliphatic carboxylic acids is 1. The van der Waals surface area contributed by atoms with Gasteiger partial charge in [-0.05, 0) is 24.5 Å². The van der Waals surface area contributed by atoms with E-state index in [0.717, 1.165) is 5.56 Å². The first-order valence-corrected chi connectivity index (χ1v) is 6.16. The summed E-state index contributed by atoms with van der Waals surface area (Å²) in [4.78, 5) is 26.0. The van der Waals surface area contributed by atoms with Gasteiger partial charge in [-0.25, -0.2) is 0 Å². The molecule has 0 aliphatic heterocycles. The summed E-state index contributed by atoms with van der Waals surface area (Å²) in [6, 6.07) is 1.87. The maximum Gasteiger partial charge on any atom is 0.310 e. The number of aromatic nitrogens is 1. The van der Waals surface area contributed by atoms with E-state index in [1.165, 1.54) is 0 Å². The zero-order chi connectivity index (χ0) is 13.6. The molecule has 0 saturated heterocycles. The summed E-state index contributed by atoms with van der Waals surface area (Å²) in [6.07, 6.45) is 4.51. The van der Waals surface area contributed by atoms with Crippen molar-refractivity contribution in [2.45, 2.75) is 39.7 Å². The van der Waals surface area contributed by atoms with Gasteiger partial charge in [-0.3, -0.25) is 9.59 Å². The number of amides is 1. The lowest BCUT2D eigenvalue weighted by Gasteiger charge is -2.25. The predicted octanol–water partition coefficient (Wildman–Crippen LogP) is 1.91. The summed E-state index contributed by atoms with van der Waals surface area (Å²) >= 11 is 0. The van der Waals surface area contributed by atoms with Crippen LogP contribution in [0.4, 0.5) is 0 Å². The lowest BCUT2D eigenvalue weighted by molar-refractivity contribution is -0.152. The number of rotatable bonds is 7. The van der Waals surface area contributed by atoms with Crippen molar-refractivity contribution in [3.63, 3.8) is 0 Å². The third kappa shape index (κ3) is 3.35. The summed E-state index contributed by atoms with van der Waals surface area (Å²) in [7, 11) is 0. The Kier molecular flexibility index (Phi) is 4.95. The number of nitrogens with one attached hydrogen (secondary N) is 2. The van der Waals surface area contributed by atoms with Gasteiger partial charge in [0.05, 0.1) is 5.41 Å². The second kappa shape index (κ2) is 6.23. The van der Waals surface area contributed by atoms with Crippen LogP contribution in [0.1, 0.15) is 38.7 Å². The van der Waals surface area contributed by atoms with Crippen LogP contribution in [0.5, 0.6) is 0 Å². The molecule has 0 atom stereocenters. The van der Waals surface area contributed by atoms with E-state index in [-0.39, 0.29) is 12.3 Å². The van der Waals surface area contributed by atoms with Crippen LogP contribution in [0.25, 0.3) is 0 Å². The fourth-order valence-corrected chi connectivity index (χ4v) is 1.92. The van der Waals surface area contributed by atoms with E-state index < -0.39 is 11.4 Å². The summed E-state index contributed by atoms with van der Waals surface area (Å²) in [5.74, 6) is -1.12. The van der Waals surface area contributed by atoms with Gasteiger partial charge < -0.3 is 15.4 Å². The molecule has 100 valence electrons.